The van der Waals surface area contributed by atoms with Crippen LogP contribution in [-0.4, -0.2) is 20.0 Å². The highest BCUT2D eigenvalue weighted by Crippen LogP contribution is 2.33. The molecule has 0 amide bonds. The van der Waals surface area contributed by atoms with Gasteiger partial charge in [-0.2, -0.15) is 0 Å². The highest BCUT2D eigenvalue weighted by molar-refractivity contribution is 7.89. The fourth-order valence-electron chi connectivity index (χ4n) is 2.59. The third-order valence-corrected chi connectivity index (χ3v) is 6.33. The van der Waals surface area contributed by atoms with Gasteiger partial charge in [0, 0.05) is 23.1 Å². The largest absolute Gasteiger partial charge is 0.310 e. The van der Waals surface area contributed by atoms with E-state index in [2.05, 4.69) is 10.0 Å². The maximum Gasteiger partial charge on any atom is 0.241 e. The van der Waals surface area contributed by atoms with Crippen LogP contribution in [0.4, 0.5) is 0 Å². The maximum absolute atomic E-state index is 12.5. The van der Waals surface area contributed by atoms with Gasteiger partial charge in [-0.05, 0) is 62.8 Å². The summed E-state index contributed by atoms with van der Waals surface area (Å²) in [6.07, 6.45) is 5.26. The zero-order valence-electron chi connectivity index (χ0n) is 12.2. The van der Waals surface area contributed by atoms with E-state index in [4.69, 9.17) is 11.6 Å². The molecule has 2 N–H and O–H groups in total. The van der Waals surface area contributed by atoms with Gasteiger partial charge in [0.1, 0.15) is 0 Å². The molecule has 2 fully saturated rings. The summed E-state index contributed by atoms with van der Waals surface area (Å²) in [7, 11) is -3.48. The smallest absolute Gasteiger partial charge is 0.241 e. The predicted octanol–water partition coefficient (Wildman–Crippen LogP) is 2.81. The quantitative estimate of drug-likeness (QED) is 0.844. The van der Waals surface area contributed by atoms with Gasteiger partial charge in [-0.25, -0.2) is 13.1 Å². The van der Waals surface area contributed by atoms with E-state index in [-0.39, 0.29) is 5.54 Å². The average Bonchev–Trinajstić information content (AvgIpc) is 3.19. The molecule has 2 aliphatic carbocycles. The Morgan fingerprint density at radius 2 is 2.05 bits per heavy atom. The van der Waals surface area contributed by atoms with Crippen molar-refractivity contribution in [2.24, 2.45) is 0 Å². The Balaban J connectivity index is 1.78. The lowest BCUT2D eigenvalue weighted by Gasteiger charge is -2.38. The molecule has 0 radical (unpaired) electrons. The van der Waals surface area contributed by atoms with Crippen LogP contribution in [-0.2, 0) is 16.6 Å². The van der Waals surface area contributed by atoms with E-state index in [1.54, 1.807) is 18.2 Å². The van der Waals surface area contributed by atoms with Crippen LogP contribution in [0.15, 0.2) is 23.1 Å². The van der Waals surface area contributed by atoms with E-state index in [1.165, 1.54) is 12.8 Å². The molecule has 0 unspecified atom stereocenters. The summed E-state index contributed by atoms with van der Waals surface area (Å²) in [5.41, 5.74) is 0.551. The van der Waals surface area contributed by atoms with Crippen molar-refractivity contribution in [3.05, 3.63) is 28.8 Å². The SMILES string of the molecule is CC1(NS(=O)(=O)c2ccc(Cl)c(CNC3CC3)c2)CCC1. The van der Waals surface area contributed by atoms with Gasteiger partial charge in [0.25, 0.3) is 0 Å². The molecule has 2 aliphatic rings. The summed E-state index contributed by atoms with van der Waals surface area (Å²) in [6, 6.07) is 5.49. The monoisotopic (exact) mass is 328 g/mol. The van der Waals surface area contributed by atoms with Crippen molar-refractivity contribution in [2.45, 2.75) is 62.0 Å². The Morgan fingerprint density at radius 1 is 1.33 bits per heavy atom. The van der Waals surface area contributed by atoms with Crippen LogP contribution < -0.4 is 10.0 Å². The van der Waals surface area contributed by atoms with Gasteiger partial charge in [-0.15, -0.1) is 0 Å². The lowest BCUT2D eigenvalue weighted by atomic mass is 9.80. The second-order valence-electron chi connectivity index (χ2n) is 6.43. The third kappa shape index (κ3) is 3.59. The Hall–Kier alpha value is -0.620. The molecule has 0 saturated heterocycles. The van der Waals surface area contributed by atoms with E-state index in [9.17, 15) is 8.42 Å². The number of benzene rings is 1. The zero-order valence-corrected chi connectivity index (χ0v) is 13.7. The van der Waals surface area contributed by atoms with Gasteiger partial charge in [-0.1, -0.05) is 11.6 Å². The number of hydrogen-bond acceptors (Lipinski definition) is 3. The summed E-state index contributed by atoms with van der Waals surface area (Å²) in [4.78, 5) is 0.299. The van der Waals surface area contributed by atoms with Crippen molar-refractivity contribution in [2.75, 3.05) is 0 Å². The van der Waals surface area contributed by atoms with Crippen LogP contribution in [0.25, 0.3) is 0 Å². The zero-order chi connectivity index (χ0) is 15.1. The number of hydrogen-bond donors (Lipinski definition) is 2. The molecular formula is C15H21ClN2O2S. The van der Waals surface area contributed by atoms with E-state index in [0.717, 1.165) is 24.8 Å². The standard InChI is InChI=1S/C15H21ClN2O2S/c1-15(7-2-8-15)18-21(19,20)13-5-6-14(16)11(9-13)10-17-12-3-4-12/h5-6,9,12,17-18H,2-4,7-8,10H2,1H3. The number of sulfonamides is 1. The van der Waals surface area contributed by atoms with E-state index in [0.29, 0.717) is 22.5 Å². The first kappa shape index (κ1) is 15.3. The van der Waals surface area contributed by atoms with Gasteiger partial charge in [0.15, 0.2) is 0 Å². The molecule has 0 spiro atoms. The number of rotatable bonds is 6. The molecule has 6 heteroatoms. The highest BCUT2D eigenvalue weighted by Gasteiger charge is 2.36. The number of halogens is 1. The van der Waals surface area contributed by atoms with Crippen molar-refractivity contribution in [1.29, 1.82) is 0 Å². The van der Waals surface area contributed by atoms with Crippen molar-refractivity contribution in [1.82, 2.24) is 10.0 Å². The molecule has 116 valence electrons. The van der Waals surface area contributed by atoms with Crippen LogP contribution in [0.1, 0.15) is 44.6 Å². The summed E-state index contributed by atoms with van der Waals surface area (Å²) in [5.74, 6) is 0. The molecule has 2 saturated carbocycles. The molecule has 0 atom stereocenters. The van der Waals surface area contributed by atoms with Gasteiger partial charge in [0.2, 0.25) is 10.0 Å². The first-order valence-electron chi connectivity index (χ1n) is 7.44. The van der Waals surface area contributed by atoms with Gasteiger partial charge >= 0.3 is 0 Å². The molecule has 0 bridgehead atoms. The number of nitrogens with one attached hydrogen (secondary N) is 2. The summed E-state index contributed by atoms with van der Waals surface area (Å²) in [5, 5.41) is 3.97. The fourth-order valence-corrected chi connectivity index (χ4v) is 4.29. The second kappa shape index (κ2) is 5.54. The van der Waals surface area contributed by atoms with Crippen molar-refractivity contribution >= 4 is 21.6 Å². The molecule has 1 aromatic carbocycles. The molecule has 4 nitrogen and oxygen atoms in total. The van der Waals surface area contributed by atoms with Crippen LogP contribution in [0.2, 0.25) is 5.02 Å². The van der Waals surface area contributed by atoms with Crippen LogP contribution in [0.3, 0.4) is 0 Å². The lowest BCUT2D eigenvalue weighted by molar-refractivity contribution is 0.248. The molecule has 0 aliphatic heterocycles. The lowest BCUT2D eigenvalue weighted by Crippen LogP contribution is -2.50. The second-order valence-corrected chi connectivity index (χ2v) is 8.52. The van der Waals surface area contributed by atoms with Crippen LogP contribution in [0.5, 0.6) is 0 Å². The Morgan fingerprint density at radius 3 is 2.62 bits per heavy atom. The minimum Gasteiger partial charge on any atom is -0.310 e. The predicted molar refractivity (Wildman–Crippen MR) is 83.9 cm³/mol. The van der Waals surface area contributed by atoms with E-state index in [1.807, 2.05) is 6.92 Å². The Bertz CT molecular complexity index is 637. The van der Waals surface area contributed by atoms with E-state index < -0.39 is 10.0 Å². The summed E-state index contributed by atoms with van der Waals surface area (Å²) in [6.45, 7) is 2.57. The van der Waals surface area contributed by atoms with Crippen LogP contribution in [0, 0.1) is 0 Å². The molecular weight excluding hydrogens is 308 g/mol. The fraction of sp³-hybridized carbons (Fsp3) is 0.600. The highest BCUT2D eigenvalue weighted by atomic mass is 35.5. The molecule has 1 aromatic rings. The topological polar surface area (TPSA) is 58.2 Å². The summed E-state index contributed by atoms with van der Waals surface area (Å²) >= 11 is 6.17. The first-order chi connectivity index (χ1) is 9.88. The Labute approximate surface area is 131 Å². The molecule has 21 heavy (non-hydrogen) atoms. The molecule has 0 heterocycles. The van der Waals surface area contributed by atoms with Crippen LogP contribution >= 0.6 is 11.6 Å². The minimum atomic E-state index is -3.48. The average molecular weight is 329 g/mol. The normalized spacial score (nSPS) is 21.0. The van der Waals surface area contributed by atoms with Crippen molar-refractivity contribution in [3.8, 4) is 0 Å². The van der Waals surface area contributed by atoms with Crippen molar-refractivity contribution in [3.63, 3.8) is 0 Å². The van der Waals surface area contributed by atoms with Gasteiger partial charge in [0.05, 0.1) is 4.90 Å². The van der Waals surface area contributed by atoms with Gasteiger partial charge in [-0.3, -0.25) is 0 Å². The van der Waals surface area contributed by atoms with E-state index >= 15 is 0 Å². The molecule has 0 aromatic heterocycles. The first-order valence-corrected chi connectivity index (χ1v) is 9.30. The van der Waals surface area contributed by atoms with Gasteiger partial charge < -0.3 is 5.32 Å². The Kier molecular flexibility index (Phi) is 4.03. The minimum absolute atomic E-state index is 0.287. The van der Waals surface area contributed by atoms with Crippen molar-refractivity contribution < 1.29 is 8.42 Å². The maximum atomic E-state index is 12.5. The third-order valence-electron chi connectivity index (χ3n) is 4.32. The summed E-state index contributed by atoms with van der Waals surface area (Å²) < 4.78 is 27.8. The molecule has 3 rings (SSSR count).